The summed E-state index contributed by atoms with van der Waals surface area (Å²) >= 11 is 0. The van der Waals surface area contributed by atoms with Crippen LogP contribution in [0.5, 0.6) is 17.2 Å². The lowest BCUT2D eigenvalue weighted by Gasteiger charge is -2.13. The summed E-state index contributed by atoms with van der Waals surface area (Å²) in [5.41, 5.74) is 9.80. The molecule has 0 atom stereocenters. The number of carboxylic acid groups (broad SMARTS) is 1. The van der Waals surface area contributed by atoms with Gasteiger partial charge in [0.25, 0.3) is 0 Å². The summed E-state index contributed by atoms with van der Waals surface area (Å²) in [5, 5.41) is 17.8. The van der Waals surface area contributed by atoms with Crippen molar-refractivity contribution in [2.75, 3.05) is 5.73 Å². The van der Waals surface area contributed by atoms with Gasteiger partial charge >= 0.3 is 5.97 Å². The van der Waals surface area contributed by atoms with E-state index in [9.17, 15) is 9.90 Å². The monoisotopic (exact) mass is 536 g/mol. The maximum absolute atomic E-state index is 11.5. The van der Waals surface area contributed by atoms with Crippen molar-refractivity contribution in [3.63, 3.8) is 0 Å². The van der Waals surface area contributed by atoms with Crippen LogP contribution >= 0.6 is 0 Å². The lowest BCUT2D eigenvalue weighted by Crippen LogP contribution is -2.04. The highest BCUT2D eigenvalue weighted by molar-refractivity contribution is 5.91. The molecule has 9 nitrogen and oxygen atoms in total. The van der Waals surface area contributed by atoms with Gasteiger partial charge in [-0.25, -0.2) is 9.48 Å². The number of rotatable bonds is 12. The fraction of sp³-hybridized carbons (Fsp3) is 0.129. The van der Waals surface area contributed by atoms with Crippen LogP contribution in [-0.4, -0.2) is 26.1 Å². The first-order chi connectivity index (χ1) is 19.5. The van der Waals surface area contributed by atoms with Crippen LogP contribution in [0.25, 0.3) is 0 Å². The van der Waals surface area contributed by atoms with Crippen molar-refractivity contribution in [1.82, 2.24) is 15.0 Å². The Morgan fingerprint density at radius 1 is 0.750 bits per heavy atom. The third-order valence-electron chi connectivity index (χ3n) is 5.98. The second-order valence-corrected chi connectivity index (χ2v) is 9.12. The number of anilines is 1. The maximum atomic E-state index is 11.5. The first-order valence-electron chi connectivity index (χ1n) is 12.6. The highest BCUT2D eigenvalue weighted by Gasteiger charge is 2.13. The van der Waals surface area contributed by atoms with E-state index in [1.165, 1.54) is 18.2 Å². The zero-order chi connectivity index (χ0) is 27.7. The van der Waals surface area contributed by atoms with E-state index in [-0.39, 0.29) is 17.9 Å². The van der Waals surface area contributed by atoms with Gasteiger partial charge in [-0.1, -0.05) is 65.9 Å². The van der Waals surface area contributed by atoms with E-state index >= 15 is 0 Å². The van der Waals surface area contributed by atoms with Crippen LogP contribution in [0.1, 0.15) is 32.7 Å². The largest absolute Gasteiger partial charge is 0.489 e. The van der Waals surface area contributed by atoms with Crippen LogP contribution in [0, 0.1) is 0 Å². The van der Waals surface area contributed by atoms with E-state index < -0.39 is 5.97 Å². The molecule has 0 fully saturated rings. The molecule has 0 aliphatic carbocycles. The molecule has 0 aliphatic rings. The summed E-state index contributed by atoms with van der Waals surface area (Å²) < 4.78 is 19.6. The minimum Gasteiger partial charge on any atom is -0.489 e. The van der Waals surface area contributed by atoms with Gasteiger partial charge in [0.2, 0.25) is 0 Å². The average Bonchev–Trinajstić information content (AvgIpc) is 3.42. The van der Waals surface area contributed by atoms with Gasteiger partial charge in [-0.05, 0) is 41.0 Å². The van der Waals surface area contributed by atoms with E-state index in [4.69, 9.17) is 19.9 Å². The molecule has 3 N–H and O–H groups in total. The number of hydrogen-bond donors (Lipinski definition) is 2. The molecular formula is C31H28N4O5. The third kappa shape index (κ3) is 7.16. The lowest BCUT2D eigenvalue weighted by molar-refractivity contribution is 0.0691. The first kappa shape index (κ1) is 26.3. The summed E-state index contributed by atoms with van der Waals surface area (Å²) in [6.45, 7) is 1.30. The second kappa shape index (κ2) is 12.5. The molecule has 0 spiro atoms. The molecule has 5 aromatic rings. The SMILES string of the molecule is Nc1ccc(C(=O)O)c(OCc2cn(Cc3cc(OCc4ccccc4)cc(OCc4ccccc4)c3)nn2)c1. The Morgan fingerprint density at radius 3 is 1.98 bits per heavy atom. The molecule has 5 rings (SSSR count). The normalized spacial score (nSPS) is 10.7. The van der Waals surface area contributed by atoms with Crippen LogP contribution in [0.4, 0.5) is 5.69 Å². The number of hydrogen-bond acceptors (Lipinski definition) is 7. The molecule has 0 bridgehead atoms. The van der Waals surface area contributed by atoms with Crippen LogP contribution in [0.3, 0.4) is 0 Å². The van der Waals surface area contributed by atoms with E-state index in [1.807, 2.05) is 78.9 Å². The minimum absolute atomic E-state index is 0.0249. The Kier molecular flexibility index (Phi) is 8.21. The number of aromatic carboxylic acids is 1. The molecule has 0 saturated heterocycles. The topological polar surface area (TPSA) is 122 Å². The van der Waals surface area contributed by atoms with Crippen LogP contribution in [0.2, 0.25) is 0 Å². The summed E-state index contributed by atoms with van der Waals surface area (Å²) in [7, 11) is 0. The van der Waals surface area contributed by atoms with E-state index in [0.29, 0.717) is 42.6 Å². The quantitative estimate of drug-likeness (QED) is 0.205. The number of aromatic nitrogens is 3. The average molecular weight is 537 g/mol. The Morgan fingerprint density at radius 2 is 1.38 bits per heavy atom. The zero-order valence-electron chi connectivity index (χ0n) is 21.6. The number of carbonyl (C=O) groups is 1. The predicted octanol–water partition coefficient (Wildman–Crippen LogP) is 5.34. The summed E-state index contributed by atoms with van der Waals surface area (Å²) in [6.07, 6.45) is 1.74. The third-order valence-corrected chi connectivity index (χ3v) is 5.98. The second-order valence-electron chi connectivity index (χ2n) is 9.12. The smallest absolute Gasteiger partial charge is 0.339 e. The molecule has 4 aromatic carbocycles. The van der Waals surface area contributed by atoms with Gasteiger partial charge < -0.3 is 25.1 Å². The summed E-state index contributed by atoms with van der Waals surface area (Å²) in [4.78, 5) is 11.5. The Labute approximate surface area is 231 Å². The molecule has 1 heterocycles. The van der Waals surface area contributed by atoms with E-state index in [0.717, 1.165) is 16.7 Å². The molecule has 0 saturated carbocycles. The van der Waals surface area contributed by atoms with Crippen molar-refractivity contribution in [3.05, 3.63) is 131 Å². The number of benzene rings is 4. The molecule has 1 aromatic heterocycles. The summed E-state index contributed by atoms with van der Waals surface area (Å²) in [5.74, 6) is 0.427. The van der Waals surface area contributed by atoms with Crippen LogP contribution < -0.4 is 19.9 Å². The van der Waals surface area contributed by atoms with Gasteiger partial charge in [-0.2, -0.15) is 0 Å². The summed E-state index contributed by atoms with van der Waals surface area (Å²) in [6, 6.07) is 30.1. The van der Waals surface area contributed by atoms with Gasteiger partial charge in [0, 0.05) is 17.8 Å². The van der Waals surface area contributed by atoms with Crippen LogP contribution in [-0.2, 0) is 26.4 Å². The van der Waals surface area contributed by atoms with Crippen molar-refractivity contribution in [1.29, 1.82) is 0 Å². The van der Waals surface area contributed by atoms with Crippen molar-refractivity contribution in [3.8, 4) is 17.2 Å². The fourth-order valence-electron chi connectivity index (χ4n) is 4.03. The standard InChI is InChI=1S/C31H28N4O5/c32-25-11-12-29(31(36)37)30(15-25)40-21-26-18-35(34-33-26)17-24-13-27(38-19-22-7-3-1-4-8-22)16-28(14-24)39-20-23-9-5-2-6-10-23/h1-16,18H,17,19-21,32H2,(H,36,37). The Hall–Kier alpha value is -5.31. The molecular weight excluding hydrogens is 508 g/mol. The van der Waals surface area contributed by atoms with Gasteiger partial charge in [0.15, 0.2) is 0 Å². The Bertz CT molecular complexity index is 1510. The number of carboxylic acids is 1. The van der Waals surface area contributed by atoms with Crippen molar-refractivity contribution >= 4 is 11.7 Å². The number of ether oxygens (including phenoxy) is 3. The number of nitrogen functional groups attached to an aromatic ring is 1. The first-order valence-corrected chi connectivity index (χ1v) is 12.6. The van der Waals surface area contributed by atoms with E-state index in [1.54, 1.807) is 10.9 Å². The number of nitrogens with zero attached hydrogens (tertiary/aromatic N) is 3. The molecule has 0 amide bonds. The predicted molar refractivity (Wildman–Crippen MR) is 149 cm³/mol. The van der Waals surface area contributed by atoms with Gasteiger partial charge in [-0.15, -0.1) is 5.10 Å². The van der Waals surface area contributed by atoms with Gasteiger partial charge in [0.1, 0.15) is 48.3 Å². The molecule has 40 heavy (non-hydrogen) atoms. The van der Waals surface area contributed by atoms with Gasteiger partial charge in [-0.3, -0.25) is 0 Å². The molecule has 202 valence electrons. The highest BCUT2D eigenvalue weighted by atomic mass is 16.5. The van der Waals surface area contributed by atoms with Gasteiger partial charge in [0.05, 0.1) is 12.7 Å². The van der Waals surface area contributed by atoms with Crippen molar-refractivity contribution in [2.45, 2.75) is 26.4 Å². The fourth-order valence-corrected chi connectivity index (χ4v) is 4.03. The van der Waals surface area contributed by atoms with E-state index in [2.05, 4.69) is 10.3 Å². The van der Waals surface area contributed by atoms with Crippen molar-refractivity contribution < 1.29 is 24.1 Å². The maximum Gasteiger partial charge on any atom is 0.339 e. The molecule has 0 unspecified atom stereocenters. The highest BCUT2D eigenvalue weighted by Crippen LogP contribution is 2.26. The van der Waals surface area contributed by atoms with Crippen LogP contribution in [0.15, 0.2) is 103 Å². The molecule has 0 radical (unpaired) electrons. The zero-order valence-corrected chi connectivity index (χ0v) is 21.6. The lowest BCUT2D eigenvalue weighted by atomic mass is 10.2. The van der Waals surface area contributed by atoms with Crippen molar-refractivity contribution in [2.24, 2.45) is 0 Å². The Balaban J connectivity index is 1.29. The molecule has 9 heteroatoms. The molecule has 0 aliphatic heterocycles. The minimum atomic E-state index is -1.10. The number of nitrogens with two attached hydrogens (primary N) is 1.